The topological polar surface area (TPSA) is 77.5 Å². The second-order valence-electron chi connectivity index (χ2n) is 5.26. The molecule has 8 heteroatoms. The van der Waals surface area contributed by atoms with Crippen LogP contribution in [0.15, 0.2) is 57.7 Å². The molecule has 3 aromatic rings. The van der Waals surface area contributed by atoms with E-state index in [9.17, 15) is 9.90 Å². The van der Waals surface area contributed by atoms with E-state index >= 15 is 0 Å². The van der Waals surface area contributed by atoms with Crippen LogP contribution in [0.4, 0.5) is 0 Å². The normalized spacial score (nSPS) is 12.1. The molecule has 0 fully saturated rings. The average molecular weight is 381 g/mol. The smallest absolute Gasteiger partial charge is 0.437 e. The summed E-state index contributed by atoms with van der Waals surface area (Å²) in [6.45, 7) is -0.137. The summed E-state index contributed by atoms with van der Waals surface area (Å²) in [4.78, 5) is 11.9. The molecule has 0 spiro atoms. The number of rotatable bonds is 6. The molecule has 2 aromatic carbocycles. The van der Waals surface area contributed by atoms with Gasteiger partial charge in [0.15, 0.2) is 0 Å². The average Bonchev–Trinajstić information content (AvgIpc) is 2.95. The summed E-state index contributed by atoms with van der Waals surface area (Å²) in [5.74, 6) is -0.0653. The number of hydrogen-bond acceptors (Lipinski definition) is 5. The Morgan fingerprint density at radius 1 is 1.20 bits per heavy atom. The van der Waals surface area contributed by atoms with E-state index in [1.807, 2.05) is 18.2 Å². The standard InChI is InChI=1S/C17H14Cl2N2O4/c18-12-6-7-15(14(19)8-12)24-10-13(22)9-21-17(23)25-16(20-21)11-4-2-1-3-5-11/h1-8,13,22H,9-10H2. The van der Waals surface area contributed by atoms with Gasteiger partial charge in [0.25, 0.3) is 0 Å². The van der Waals surface area contributed by atoms with Crippen molar-refractivity contribution in [2.75, 3.05) is 6.61 Å². The van der Waals surface area contributed by atoms with Gasteiger partial charge in [-0.1, -0.05) is 41.4 Å². The fourth-order valence-corrected chi connectivity index (χ4v) is 2.61. The van der Waals surface area contributed by atoms with Gasteiger partial charge in [0.05, 0.1) is 11.6 Å². The van der Waals surface area contributed by atoms with Crippen LogP contribution in [0.1, 0.15) is 0 Å². The van der Waals surface area contributed by atoms with Crippen LogP contribution in [-0.4, -0.2) is 27.6 Å². The molecule has 1 heterocycles. The van der Waals surface area contributed by atoms with Crippen LogP contribution >= 0.6 is 23.2 Å². The highest BCUT2D eigenvalue weighted by Crippen LogP contribution is 2.27. The Labute approximate surface area is 153 Å². The highest BCUT2D eigenvalue weighted by Gasteiger charge is 2.15. The Morgan fingerprint density at radius 2 is 1.96 bits per heavy atom. The number of hydrogen-bond donors (Lipinski definition) is 1. The first-order valence-electron chi connectivity index (χ1n) is 7.42. The Hall–Kier alpha value is -2.28. The minimum atomic E-state index is -0.974. The molecule has 0 aliphatic heterocycles. The molecule has 0 radical (unpaired) electrons. The first kappa shape index (κ1) is 17.5. The molecule has 1 atom stereocenters. The molecule has 0 saturated heterocycles. The number of nitrogens with zero attached hydrogens (tertiary/aromatic N) is 2. The molecule has 1 aromatic heterocycles. The Morgan fingerprint density at radius 3 is 2.68 bits per heavy atom. The monoisotopic (exact) mass is 380 g/mol. The number of halogens is 2. The number of aliphatic hydroxyl groups is 1. The first-order chi connectivity index (χ1) is 12.0. The van der Waals surface area contributed by atoms with Crippen LogP contribution in [0.3, 0.4) is 0 Å². The molecule has 1 N–H and O–H groups in total. The third-order valence-electron chi connectivity index (χ3n) is 3.34. The quantitative estimate of drug-likeness (QED) is 0.709. The second-order valence-corrected chi connectivity index (χ2v) is 6.10. The van der Waals surface area contributed by atoms with Crippen molar-refractivity contribution in [1.29, 1.82) is 0 Å². The van der Waals surface area contributed by atoms with E-state index in [1.165, 1.54) is 0 Å². The van der Waals surface area contributed by atoms with Crippen molar-refractivity contribution < 1.29 is 14.3 Å². The zero-order valence-electron chi connectivity index (χ0n) is 12.9. The SMILES string of the molecule is O=c1oc(-c2ccccc2)nn1CC(O)COc1ccc(Cl)cc1Cl. The van der Waals surface area contributed by atoms with Crippen LogP contribution in [-0.2, 0) is 6.54 Å². The van der Waals surface area contributed by atoms with Gasteiger partial charge in [-0.15, -0.1) is 5.10 Å². The summed E-state index contributed by atoms with van der Waals surface area (Å²) < 4.78 is 11.6. The molecular formula is C17H14Cl2N2O4. The predicted molar refractivity (Wildman–Crippen MR) is 94.2 cm³/mol. The fourth-order valence-electron chi connectivity index (χ4n) is 2.15. The Balaban J connectivity index is 1.64. The zero-order chi connectivity index (χ0) is 17.8. The molecule has 1 unspecified atom stereocenters. The summed E-state index contributed by atoms with van der Waals surface area (Å²) in [7, 11) is 0. The van der Waals surface area contributed by atoms with Gasteiger partial charge in [-0.05, 0) is 30.3 Å². The zero-order valence-corrected chi connectivity index (χ0v) is 14.4. The van der Waals surface area contributed by atoms with Crippen LogP contribution < -0.4 is 10.5 Å². The fraction of sp³-hybridized carbons (Fsp3) is 0.176. The summed E-state index contributed by atoms with van der Waals surface area (Å²) >= 11 is 11.8. The maximum atomic E-state index is 11.9. The van der Waals surface area contributed by atoms with Crippen LogP contribution in [0.5, 0.6) is 5.75 Å². The van der Waals surface area contributed by atoms with Crippen molar-refractivity contribution in [3.05, 3.63) is 69.1 Å². The van der Waals surface area contributed by atoms with Crippen molar-refractivity contribution in [3.63, 3.8) is 0 Å². The predicted octanol–water partition coefficient (Wildman–Crippen LogP) is 3.25. The third-order valence-corrected chi connectivity index (χ3v) is 3.87. The molecule has 0 bridgehead atoms. The van der Waals surface area contributed by atoms with Gasteiger partial charge in [0.1, 0.15) is 18.5 Å². The van der Waals surface area contributed by atoms with Crippen LogP contribution in [0, 0.1) is 0 Å². The van der Waals surface area contributed by atoms with E-state index in [4.69, 9.17) is 32.4 Å². The van der Waals surface area contributed by atoms with Crippen LogP contribution in [0.2, 0.25) is 10.0 Å². The lowest BCUT2D eigenvalue weighted by atomic mass is 10.2. The van der Waals surface area contributed by atoms with Gasteiger partial charge < -0.3 is 14.3 Å². The van der Waals surface area contributed by atoms with Crippen LogP contribution in [0.25, 0.3) is 11.5 Å². The van der Waals surface area contributed by atoms with E-state index in [-0.39, 0.29) is 19.0 Å². The molecule has 0 saturated carbocycles. The molecule has 0 aliphatic rings. The highest BCUT2D eigenvalue weighted by molar-refractivity contribution is 6.35. The van der Waals surface area contributed by atoms with Crippen molar-refractivity contribution in [2.45, 2.75) is 12.6 Å². The maximum absolute atomic E-state index is 11.9. The number of aliphatic hydroxyl groups excluding tert-OH is 1. The second kappa shape index (κ2) is 7.74. The van der Waals surface area contributed by atoms with Gasteiger partial charge in [0, 0.05) is 10.6 Å². The van der Waals surface area contributed by atoms with Gasteiger partial charge in [-0.2, -0.15) is 4.68 Å². The van der Waals surface area contributed by atoms with E-state index in [2.05, 4.69) is 5.10 Å². The lowest BCUT2D eigenvalue weighted by Crippen LogP contribution is -2.29. The summed E-state index contributed by atoms with van der Waals surface area (Å²) in [5, 5.41) is 15.0. The third kappa shape index (κ3) is 4.42. The first-order valence-corrected chi connectivity index (χ1v) is 8.18. The highest BCUT2D eigenvalue weighted by atomic mass is 35.5. The van der Waals surface area contributed by atoms with Gasteiger partial charge in [0.2, 0.25) is 5.89 Å². The van der Waals surface area contributed by atoms with Gasteiger partial charge >= 0.3 is 5.76 Å². The van der Waals surface area contributed by atoms with E-state index < -0.39 is 11.9 Å². The number of aromatic nitrogens is 2. The minimum absolute atomic E-state index is 0.0681. The number of benzene rings is 2. The van der Waals surface area contributed by atoms with E-state index in [0.717, 1.165) is 4.68 Å². The Kier molecular flexibility index (Phi) is 5.43. The molecule has 0 aliphatic carbocycles. The molecule has 130 valence electrons. The van der Waals surface area contributed by atoms with Gasteiger partial charge in [-0.25, -0.2) is 4.79 Å². The van der Waals surface area contributed by atoms with E-state index in [0.29, 0.717) is 21.4 Å². The minimum Gasteiger partial charge on any atom is -0.489 e. The molecule has 3 rings (SSSR count). The van der Waals surface area contributed by atoms with Crippen molar-refractivity contribution in [2.24, 2.45) is 0 Å². The summed E-state index contributed by atoms with van der Waals surface area (Å²) in [6, 6.07) is 13.8. The molecular weight excluding hydrogens is 367 g/mol. The molecule has 25 heavy (non-hydrogen) atoms. The van der Waals surface area contributed by atoms with E-state index in [1.54, 1.807) is 30.3 Å². The molecule has 0 amide bonds. The van der Waals surface area contributed by atoms with Gasteiger partial charge in [-0.3, -0.25) is 0 Å². The van der Waals surface area contributed by atoms with Crippen molar-refractivity contribution in [3.8, 4) is 17.2 Å². The molecule has 6 nitrogen and oxygen atoms in total. The van der Waals surface area contributed by atoms with Crippen molar-refractivity contribution in [1.82, 2.24) is 9.78 Å². The lowest BCUT2D eigenvalue weighted by Gasteiger charge is -2.12. The lowest BCUT2D eigenvalue weighted by molar-refractivity contribution is 0.0876. The van der Waals surface area contributed by atoms with Crippen molar-refractivity contribution >= 4 is 23.2 Å². The summed E-state index contributed by atoms with van der Waals surface area (Å²) in [6.07, 6.45) is -0.974. The Bertz CT molecular complexity index is 909. The number of ether oxygens (including phenoxy) is 1. The summed E-state index contributed by atoms with van der Waals surface area (Å²) in [5.41, 5.74) is 0.678. The maximum Gasteiger partial charge on any atom is 0.437 e. The largest absolute Gasteiger partial charge is 0.489 e.